The lowest BCUT2D eigenvalue weighted by Crippen LogP contribution is -2.45. The van der Waals surface area contributed by atoms with Crippen molar-refractivity contribution in [3.05, 3.63) is 59.4 Å². The molecule has 0 aliphatic carbocycles. The highest BCUT2D eigenvalue weighted by molar-refractivity contribution is 6.08. The van der Waals surface area contributed by atoms with Crippen molar-refractivity contribution in [2.24, 2.45) is 5.10 Å². The number of urea groups is 1. The minimum absolute atomic E-state index is 0.0435. The van der Waals surface area contributed by atoms with Crippen LogP contribution >= 0.6 is 0 Å². The Kier molecular flexibility index (Phi) is 5.20. The van der Waals surface area contributed by atoms with Crippen molar-refractivity contribution < 1.29 is 14.0 Å². The van der Waals surface area contributed by atoms with Crippen LogP contribution in [0.4, 0.5) is 9.18 Å². The van der Waals surface area contributed by atoms with Gasteiger partial charge in [0.2, 0.25) is 5.91 Å². The van der Waals surface area contributed by atoms with Gasteiger partial charge in [-0.3, -0.25) is 14.8 Å². The van der Waals surface area contributed by atoms with Gasteiger partial charge in [0.25, 0.3) is 0 Å². The highest BCUT2D eigenvalue weighted by atomic mass is 19.1. The number of carbonyl (C=O) groups is 2. The third kappa shape index (κ3) is 4.08. The summed E-state index contributed by atoms with van der Waals surface area (Å²) < 4.78 is 13.3. The number of hydrogen-bond donors (Lipinski definition) is 1. The third-order valence-electron chi connectivity index (χ3n) is 5.01. The van der Waals surface area contributed by atoms with Crippen molar-refractivity contribution >= 4 is 17.6 Å². The molecule has 1 aromatic heterocycles. The minimum atomic E-state index is -0.388. The molecule has 3 heterocycles. The first kappa shape index (κ1) is 19.0. The average molecular weight is 396 g/mol. The molecule has 0 radical (unpaired) electrons. The summed E-state index contributed by atoms with van der Waals surface area (Å²) in [7, 11) is 0. The molecule has 150 valence electrons. The van der Waals surface area contributed by atoms with E-state index in [1.165, 1.54) is 17.1 Å². The molecule has 29 heavy (non-hydrogen) atoms. The van der Waals surface area contributed by atoms with E-state index in [1.54, 1.807) is 29.4 Å². The number of nitrogens with zero attached hydrogens (tertiary/aromatic N) is 5. The molecule has 9 heteroatoms. The number of hydrogen-bond acceptors (Lipinski definition) is 5. The van der Waals surface area contributed by atoms with Gasteiger partial charge in [0.05, 0.1) is 42.4 Å². The largest absolute Gasteiger partial charge is 0.338 e. The Morgan fingerprint density at radius 2 is 2.03 bits per heavy atom. The number of aromatic nitrogens is 2. The number of likely N-dealkylation sites (tertiary alicyclic amines) is 1. The first-order chi connectivity index (χ1) is 14.0. The third-order valence-corrected chi connectivity index (χ3v) is 5.01. The van der Waals surface area contributed by atoms with Crippen LogP contribution in [0.1, 0.15) is 29.8 Å². The Bertz CT molecular complexity index is 944. The van der Waals surface area contributed by atoms with Gasteiger partial charge in [0.1, 0.15) is 5.82 Å². The van der Waals surface area contributed by atoms with Crippen molar-refractivity contribution in [1.82, 2.24) is 25.2 Å². The number of benzene rings is 1. The summed E-state index contributed by atoms with van der Waals surface area (Å²) in [5.74, 6) is -0.308. The fraction of sp³-hybridized carbons (Fsp3) is 0.350. The zero-order valence-electron chi connectivity index (χ0n) is 16.0. The van der Waals surface area contributed by atoms with Crippen molar-refractivity contribution in [2.75, 3.05) is 13.1 Å². The molecule has 4 rings (SSSR count). The molecule has 8 nitrogen and oxygen atoms in total. The molecule has 2 aliphatic rings. The predicted molar refractivity (Wildman–Crippen MR) is 103 cm³/mol. The lowest BCUT2D eigenvalue weighted by molar-refractivity contribution is -0.128. The van der Waals surface area contributed by atoms with Crippen LogP contribution in [0.2, 0.25) is 0 Å². The minimum Gasteiger partial charge on any atom is -0.332 e. The summed E-state index contributed by atoms with van der Waals surface area (Å²) in [5, 5.41) is 8.55. The van der Waals surface area contributed by atoms with E-state index in [9.17, 15) is 14.0 Å². The Morgan fingerprint density at radius 1 is 1.24 bits per heavy atom. The van der Waals surface area contributed by atoms with E-state index in [-0.39, 0.29) is 36.9 Å². The van der Waals surface area contributed by atoms with Crippen LogP contribution in [-0.4, -0.2) is 56.7 Å². The number of amides is 3. The summed E-state index contributed by atoms with van der Waals surface area (Å²) in [6, 6.07) is 5.19. The Labute approximate surface area is 167 Å². The molecule has 2 aromatic rings. The van der Waals surface area contributed by atoms with Crippen LogP contribution in [-0.2, 0) is 11.3 Å². The maximum atomic E-state index is 13.3. The fourth-order valence-corrected chi connectivity index (χ4v) is 3.50. The van der Waals surface area contributed by atoms with Gasteiger partial charge < -0.3 is 10.2 Å². The van der Waals surface area contributed by atoms with E-state index < -0.39 is 0 Å². The highest BCUT2D eigenvalue weighted by Crippen LogP contribution is 2.24. The number of rotatable bonds is 4. The Balaban J connectivity index is 1.52. The van der Waals surface area contributed by atoms with Gasteiger partial charge in [0, 0.05) is 24.7 Å². The molecule has 1 saturated heterocycles. The molecular formula is C20H21FN6O2. The second-order valence-electron chi connectivity index (χ2n) is 7.09. The zero-order chi connectivity index (χ0) is 20.4. The highest BCUT2D eigenvalue weighted by Gasteiger charge is 2.38. The topological polar surface area (TPSA) is 90.8 Å². The normalized spacial score (nSPS) is 18.9. The van der Waals surface area contributed by atoms with Crippen molar-refractivity contribution in [3.8, 4) is 0 Å². The second-order valence-corrected chi connectivity index (χ2v) is 7.09. The SMILES string of the molecule is Cc1cnc(CNC(=O)N2CC(N3CCCC3=O)C(c3ccc(F)cc3)=N2)cn1. The molecule has 1 aromatic carbocycles. The monoisotopic (exact) mass is 396 g/mol. The Morgan fingerprint density at radius 3 is 2.69 bits per heavy atom. The zero-order valence-corrected chi connectivity index (χ0v) is 16.0. The lowest BCUT2D eigenvalue weighted by atomic mass is 10.0. The maximum Gasteiger partial charge on any atom is 0.338 e. The summed E-state index contributed by atoms with van der Waals surface area (Å²) in [5.41, 5.74) is 2.71. The molecular weight excluding hydrogens is 375 g/mol. The van der Waals surface area contributed by atoms with Gasteiger partial charge in [-0.15, -0.1) is 0 Å². The summed E-state index contributed by atoms with van der Waals surface area (Å²) in [4.78, 5) is 35.1. The fourth-order valence-electron chi connectivity index (χ4n) is 3.50. The quantitative estimate of drug-likeness (QED) is 0.854. The van der Waals surface area contributed by atoms with Crippen LogP contribution in [0.15, 0.2) is 41.8 Å². The molecule has 0 saturated carbocycles. The number of carbonyl (C=O) groups excluding carboxylic acids is 2. The van der Waals surface area contributed by atoms with Gasteiger partial charge in [-0.1, -0.05) is 12.1 Å². The van der Waals surface area contributed by atoms with Gasteiger partial charge >= 0.3 is 6.03 Å². The maximum absolute atomic E-state index is 13.3. The Hall–Kier alpha value is -3.36. The van der Waals surface area contributed by atoms with Gasteiger partial charge in [0.15, 0.2) is 0 Å². The summed E-state index contributed by atoms with van der Waals surface area (Å²) >= 11 is 0. The van der Waals surface area contributed by atoms with Gasteiger partial charge in [-0.25, -0.2) is 14.2 Å². The second kappa shape index (κ2) is 7.94. The number of halogens is 1. The number of aryl methyl sites for hydroxylation is 1. The van der Waals surface area contributed by atoms with Crippen LogP contribution in [0, 0.1) is 12.7 Å². The van der Waals surface area contributed by atoms with E-state index in [4.69, 9.17) is 0 Å². The summed E-state index contributed by atoms with van der Waals surface area (Å²) in [6.07, 6.45) is 4.52. The standard InChI is InChI=1S/C20H21FN6O2/c1-13-9-23-16(10-22-13)11-24-20(29)27-12-17(26-8-2-3-18(26)28)19(25-27)14-4-6-15(21)7-5-14/h4-7,9-10,17H,2-3,8,11-12H2,1H3,(H,24,29). The molecule has 3 amide bonds. The van der Waals surface area contributed by atoms with E-state index in [0.717, 1.165) is 12.1 Å². The van der Waals surface area contributed by atoms with Gasteiger partial charge in [-0.05, 0) is 25.5 Å². The van der Waals surface area contributed by atoms with Crippen LogP contribution in [0.5, 0.6) is 0 Å². The number of nitrogens with one attached hydrogen (secondary N) is 1. The first-order valence-electron chi connectivity index (χ1n) is 9.48. The van der Waals surface area contributed by atoms with E-state index in [0.29, 0.717) is 29.9 Å². The number of hydrazone groups is 1. The van der Waals surface area contributed by atoms with Gasteiger partial charge in [-0.2, -0.15) is 5.10 Å². The molecule has 2 aliphatic heterocycles. The molecule has 0 spiro atoms. The molecule has 1 fully saturated rings. The van der Waals surface area contributed by atoms with Crippen molar-refractivity contribution in [3.63, 3.8) is 0 Å². The lowest BCUT2D eigenvalue weighted by Gasteiger charge is -2.25. The molecule has 0 bridgehead atoms. The van der Waals surface area contributed by atoms with Crippen molar-refractivity contribution in [1.29, 1.82) is 0 Å². The smallest absolute Gasteiger partial charge is 0.332 e. The molecule has 1 atom stereocenters. The first-order valence-corrected chi connectivity index (χ1v) is 9.48. The van der Waals surface area contributed by atoms with E-state index >= 15 is 0 Å². The van der Waals surface area contributed by atoms with E-state index in [2.05, 4.69) is 20.4 Å². The molecule has 1 N–H and O–H groups in total. The van der Waals surface area contributed by atoms with Crippen LogP contribution in [0.3, 0.4) is 0 Å². The average Bonchev–Trinajstić information content (AvgIpc) is 3.34. The predicted octanol–water partition coefficient (Wildman–Crippen LogP) is 1.84. The molecule has 1 unspecified atom stereocenters. The van der Waals surface area contributed by atoms with Crippen molar-refractivity contribution in [2.45, 2.75) is 32.4 Å². The summed E-state index contributed by atoms with van der Waals surface area (Å²) in [6.45, 7) is 2.93. The van der Waals surface area contributed by atoms with Crippen LogP contribution < -0.4 is 5.32 Å². The van der Waals surface area contributed by atoms with Crippen LogP contribution in [0.25, 0.3) is 0 Å². The van der Waals surface area contributed by atoms with E-state index in [1.807, 2.05) is 6.92 Å².